The minimum Gasteiger partial charge on any atom is -0.496 e. The number of halogens is 3. The van der Waals surface area contributed by atoms with Crippen LogP contribution < -0.4 is 15.0 Å². The normalized spacial score (nSPS) is 14.2. The highest BCUT2D eigenvalue weighted by Crippen LogP contribution is 2.24. The standard InChI is InChI=1S/C19H20F3N3O2/c1-27-16-5-3-2-4-13(16)12-23-19(26)25-10-8-24(9-11-25)15-7-6-14(20)17(21)18(15)22/h2-7H,8-12H2,1H3,(H,23,26). The second-order valence-corrected chi connectivity index (χ2v) is 6.14. The zero-order valence-corrected chi connectivity index (χ0v) is 14.8. The number of para-hydroxylation sites is 1. The van der Waals surface area contributed by atoms with Gasteiger partial charge in [0, 0.05) is 38.3 Å². The van der Waals surface area contributed by atoms with E-state index in [0.29, 0.717) is 38.5 Å². The van der Waals surface area contributed by atoms with Gasteiger partial charge in [0.1, 0.15) is 5.75 Å². The molecule has 0 atom stereocenters. The first-order valence-electron chi connectivity index (χ1n) is 8.54. The third-order valence-electron chi connectivity index (χ3n) is 4.54. The minimum atomic E-state index is -1.48. The van der Waals surface area contributed by atoms with E-state index in [2.05, 4.69) is 5.32 Å². The summed E-state index contributed by atoms with van der Waals surface area (Å²) in [5.74, 6) is -3.21. The van der Waals surface area contributed by atoms with Crippen molar-refractivity contribution in [3.05, 3.63) is 59.4 Å². The average molecular weight is 379 g/mol. The molecule has 1 aliphatic rings. The molecule has 1 fully saturated rings. The van der Waals surface area contributed by atoms with Crippen LogP contribution >= 0.6 is 0 Å². The van der Waals surface area contributed by atoms with Gasteiger partial charge in [0.2, 0.25) is 0 Å². The van der Waals surface area contributed by atoms with Gasteiger partial charge < -0.3 is 19.9 Å². The fourth-order valence-electron chi connectivity index (χ4n) is 3.04. The Labute approximate surface area is 155 Å². The zero-order chi connectivity index (χ0) is 19.4. The van der Waals surface area contributed by atoms with E-state index in [1.165, 1.54) is 6.07 Å². The van der Waals surface area contributed by atoms with E-state index >= 15 is 0 Å². The Balaban J connectivity index is 1.56. The molecule has 0 spiro atoms. The molecule has 2 amide bonds. The van der Waals surface area contributed by atoms with Crippen molar-refractivity contribution < 1.29 is 22.7 Å². The largest absolute Gasteiger partial charge is 0.496 e. The van der Waals surface area contributed by atoms with E-state index in [1.807, 2.05) is 24.3 Å². The van der Waals surface area contributed by atoms with Gasteiger partial charge in [0.15, 0.2) is 17.5 Å². The number of nitrogens with zero attached hydrogens (tertiary/aromatic N) is 2. The molecule has 0 radical (unpaired) electrons. The molecule has 3 rings (SSSR count). The smallest absolute Gasteiger partial charge is 0.317 e. The molecule has 0 saturated carbocycles. The summed E-state index contributed by atoms with van der Waals surface area (Å²) in [5.41, 5.74) is 0.860. The maximum atomic E-state index is 13.9. The Morgan fingerprint density at radius 1 is 1.04 bits per heavy atom. The lowest BCUT2D eigenvalue weighted by atomic mass is 10.2. The molecule has 0 aromatic heterocycles. The van der Waals surface area contributed by atoms with E-state index in [-0.39, 0.29) is 11.7 Å². The summed E-state index contributed by atoms with van der Waals surface area (Å²) >= 11 is 0. The SMILES string of the molecule is COc1ccccc1CNC(=O)N1CCN(c2ccc(F)c(F)c2F)CC1. The summed E-state index contributed by atoms with van der Waals surface area (Å²) in [5, 5.41) is 2.83. The highest BCUT2D eigenvalue weighted by molar-refractivity contribution is 5.74. The van der Waals surface area contributed by atoms with Gasteiger partial charge >= 0.3 is 6.03 Å². The maximum absolute atomic E-state index is 13.9. The number of hydrogen-bond donors (Lipinski definition) is 1. The molecule has 2 aromatic rings. The van der Waals surface area contributed by atoms with Gasteiger partial charge in [0.05, 0.1) is 12.8 Å². The molecule has 1 N–H and O–H groups in total. The topological polar surface area (TPSA) is 44.8 Å². The second kappa shape index (κ2) is 8.20. The minimum absolute atomic E-state index is 0.00276. The van der Waals surface area contributed by atoms with Gasteiger partial charge in [-0.3, -0.25) is 0 Å². The molecule has 27 heavy (non-hydrogen) atoms. The molecule has 1 saturated heterocycles. The fraction of sp³-hybridized carbons (Fsp3) is 0.316. The Morgan fingerprint density at radius 2 is 1.74 bits per heavy atom. The predicted octanol–water partition coefficient (Wildman–Crippen LogP) is 3.14. The second-order valence-electron chi connectivity index (χ2n) is 6.14. The molecule has 0 bridgehead atoms. The monoisotopic (exact) mass is 379 g/mol. The lowest BCUT2D eigenvalue weighted by Gasteiger charge is -2.36. The van der Waals surface area contributed by atoms with Crippen LogP contribution in [0.5, 0.6) is 5.75 Å². The van der Waals surface area contributed by atoms with E-state index in [0.717, 1.165) is 11.6 Å². The van der Waals surface area contributed by atoms with E-state index in [4.69, 9.17) is 4.74 Å². The van der Waals surface area contributed by atoms with Crippen LogP contribution in [0.4, 0.5) is 23.7 Å². The van der Waals surface area contributed by atoms with Crippen LogP contribution in [0.2, 0.25) is 0 Å². The Kier molecular flexibility index (Phi) is 5.73. The van der Waals surface area contributed by atoms with Crippen LogP contribution in [0.3, 0.4) is 0 Å². The number of ether oxygens (including phenoxy) is 1. The highest BCUT2D eigenvalue weighted by atomic mass is 19.2. The number of carbonyl (C=O) groups excluding carboxylic acids is 1. The van der Waals surface area contributed by atoms with Crippen molar-refractivity contribution in [3.8, 4) is 5.75 Å². The number of urea groups is 1. The van der Waals surface area contributed by atoms with E-state index in [9.17, 15) is 18.0 Å². The highest BCUT2D eigenvalue weighted by Gasteiger charge is 2.24. The molecule has 2 aromatic carbocycles. The number of carbonyl (C=O) groups is 1. The summed E-state index contributed by atoms with van der Waals surface area (Å²) in [4.78, 5) is 15.6. The number of anilines is 1. The van der Waals surface area contributed by atoms with Crippen LogP contribution in [0.25, 0.3) is 0 Å². The van der Waals surface area contributed by atoms with Crippen molar-refractivity contribution in [3.63, 3.8) is 0 Å². The van der Waals surface area contributed by atoms with Gasteiger partial charge in [-0.15, -0.1) is 0 Å². The summed E-state index contributed by atoms with van der Waals surface area (Å²) in [6, 6.07) is 9.26. The predicted molar refractivity (Wildman–Crippen MR) is 95.3 cm³/mol. The van der Waals surface area contributed by atoms with Crippen LogP contribution in [0, 0.1) is 17.5 Å². The summed E-state index contributed by atoms with van der Waals surface area (Å²) in [6.45, 7) is 1.65. The lowest BCUT2D eigenvalue weighted by molar-refractivity contribution is 0.193. The first kappa shape index (κ1) is 18.9. The zero-order valence-electron chi connectivity index (χ0n) is 14.8. The Bertz CT molecular complexity index is 824. The van der Waals surface area contributed by atoms with Crippen LogP contribution in [0.1, 0.15) is 5.56 Å². The molecule has 0 aliphatic carbocycles. The van der Waals surface area contributed by atoms with Crippen molar-refractivity contribution in [2.24, 2.45) is 0 Å². The van der Waals surface area contributed by atoms with E-state index in [1.54, 1.807) is 16.9 Å². The number of methoxy groups -OCH3 is 1. The van der Waals surface area contributed by atoms with Crippen molar-refractivity contribution >= 4 is 11.7 Å². The average Bonchev–Trinajstić information content (AvgIpc) is 2.70. The fourth-order valence-corrected chi connectivity index (χ4v) is 3.04. The van der Waals surface area contributed by atoms with Gasteiger partial charge in [-0.2, -0.15) is 0 Å². The van der Waals surface area contributed by atoms with Crippen LogP contribution in [0.15, 0.2) is 36.4 Å². The maximum Gasteiger partial charge on any atom is 0.317 e. The Hall–Kier alpha value is -2.90. The summed E-state index contributed by atoms with van der Waals surface area (Å²) in [7, 11) is 1.57. The number of hydrogen-bond acceptors (Lipinski definition) is 3. The van der Waals surface area contributed by atoms with Crippen molar-refractivity contribution in [1.29, 1.82) is 0 Å². The van der Waals surface area contributed by atoms with Gasteiger partial charge in [-0.1, -0.05) is 18.2 Å². The quantitative estimate of drug-likeness (QED) is 0.831. The molecule has 5 nitrogen and oxygen atoms in total. The van der Waals surface area contributed by atoms with Gasteiger partial charge in [-0.25, -0.2) is 18.0 Å². The van der Waals surface area contributed by atoms with Crippen LogP contribution in [-0.2, 0) is 6.54 Å². The summed E-state index contributed by atoms with van der Waals surface area (Å²) in [6.07, 6.45) is 0. The number of benzene rings is 2. The number of nitrogens with one attached hydrogen (secondary N) is 1. The summed E-state index contributed by atoms with van der Waals surface area (Å²) < 4.78 is 45.7. The van der Waals surface area contributed by atoms with Crippen molar-refractivity contribution in [2.75, 3.05) is 38.2 Å². The van der Waals surface area contributed by atoms with Crippen molar-refractivity contribution in [2.45, 2.75) is 6.54 Å². The first-order chi connectivity index (χ1) is 13.0. The number of rotatable bonds is 4. The molecule has 1 aliphatic heterocycles. The Morgan fingerprint density at radius 3 is 2.44 bits per heavy atom. The molecule has 144 valence electrons. The van der Waals surface area contributed by atoms with Gasteiger partial charge in [-0.05, 0) is 18.2 Å². The first-order valence-corrected chi connectivity index (χ1v) is 8.54. The molecule has 0 unspecified atom stereocenters. The molecular weight excluding hydrogens is 359 g/mol. The number of piperazine rings is 1. The molecule has 1 heterocycles. The third-order valence-corrected chi connectivity index (χ3v) is 4.54. The van der Waals surface area contributed by atoms with Crippen molar-refractivity contribution in [1.82, 2.24) is 10.2 Å². The van der Waals surface area contributed by atoms with Crippen LogP contribution in [-0.4, -0.2) is 44.2 Å². The molecule has 8 heteroatoms. The molecular formula is C19H20F3N3O2. The van der Waals surface area contributed by atoms with E-state index < -0.39 is 17.5 Å². The third kappa shape index (κ3) is 4.10. The lowest BCUT2D eigenvalue weighted by Crippen LogP contribution is -2.52. The van der Waals surface area contributed by atoms with Gasteiger partial charge in [0.25, 0.3) is 0 Å². The number of amides is 2.